The zero-order chi connectivity index (χ0) is 24.2. The molecule has 1 atom stereocenters. The number of Topliss-reactive ketones (excluding diaryl/α,β-unsaturated/α-hetero) is 1. The number of ketones is 1. The zero-order valence-corrected chi connectivity index (χ0v) is 18.9. The standard InChI is InChI=1S/C29H23NO5/c31-26(21-8-2-1-3-9-21)19-34-29(33)22-17-28(32)30(18-22)23-13-15-24(16-14-23)35-27-12-6-10-20-7-4-5-11-25(20)27/h1-16,22H,17-19H2/t22-/m0/s1. The van der Waals surface area contributed by atoms with Crippen molar-refractivity contribution in [1.82, 2.24) is 0 Å². The third-order valence-electron chi connectivity index (χ3n) is 6.03. The molecule has 0 bridgehead atoms. The third kappa shape index (κ3) is 4.92. The summed E-state index contributed by atoms with van der Waals surface area (Å²) in [6.07, 6.45) is 0.0482. The first kappa shape index (κ1) is 22.3. The molecular weight excluding hydrogens is 442 g/mol. The number of fused-ring (bicyclic) bond motifs is 1. The molecule has 174 valence electrons. The molecule has 5 rings (SSSR count). The van der Waals surface area contributed by atoms with Gasteiger partial charge in [0.15, 0.2) is 12.4 Å². The highest BCUT2D eigenvalue weighted by Crippen LogP contribution is 2.32. The number of ether oxygens (including phenoxy) is 2. The largest absolute Gasteiger partial charge is 0.457 e. The van der Waals surface area contributed by atoms with Crippen molar-refractivity contribution in [3.8, 4) is 11.5 Å². The molecule has 6 nitrogen and oxygen atoms in total. The van der Waals surface area contributed by atoms with Crippen LogP contribution in [-0.2, 0) is 14.3 Å². The second kappa shape index (κ2) is 9.81. The van der Waals surface area contributed by atoms with Gasteiger partial charge in [0.1, 0.15) is 11.5 Å². The smallest absolute Gasteiger partial charge is 0.311 e. The maximum Gasteiger partial charge on any atom is 0.311 e. The molecule has 6 heteroatoms. The van der Waals surface area contributed by atoms with E-state index in [2.05, 4.69) is 0 Å². The molecular formula is C29H23NO5. The van der Waals surface area contributed by atoms with Crippen LogP contribution in [0.3, 0.4) is 0 Å². The summed E-state index contributed by atoms with van der Waals surface area (Å²) in [5, 5.41) is 2.11. The summed E-state index contributed by atoms with van der Waals surface area (Å²) in [7, 11) is 0. The zero-order valence-electron chi connectivity index (χ0n) is 18.9. The Morgan fingerprint density at radius 2 is 1.54 bits per heavy atom. The van der Waals surface area contributed by atoms with E-state index in [4.69, 9.17) is 9.47 Å². The van der Waals surface area contributed by atoms with E-state index in [0.29, 0.717) is 17.0 Å². The molecule has 1 fully saturated rings. The van der Waals surface area contributed by atoms with Crippen LogP contribution in [0.4, 0.5) is 5.69 Å². The summed E-state index contributed by atoms with van der Waals surface area (Å²) in [5.41, 5.74) is 1.16. The second-order valence-electron chi connectivity index (χ2n) is 8.38. The monoisotopic (exact) mass is 465 g/mol. The summed E-state index contributed by atoms with van der Waals surface area (Å²) in [6, 6.07) is 29.7. The van der Waals surface area contributed by atoms with Crippen molar-refractivity contribution in [2.24, 2.45) is 5.92 Å². The molecule has 0 radical (unpaired) electrons. The Bertz CT molecular complexity index is 1380. The van der Waals surface area contributed by atoms with Gasteiger partial charge in [-0.25, -0.2) is 0 Å². The fourth-order valence-electron chi connectivity index (χ4n) is 4.18. The van der Waals surface area contributed by atoms with Crippen LogP contribution in [0, 0.1) is 5.92 Å². The van der Waals surface area contributed by atoms with Crippen LogP contribution in [0.15, 0.2) is 97.1 Å². The van der Waals surface area contributed by atoms with E-state index in [1.54, 1.807) is 53.4 Å². The number of anilines is 1. The van der Waals surface area contributed by atoms with Gasteiger partial charge in [0.25, 0.3) is 0 Å². The van der Waals surface area contributed by atoms with Crippen molar-refractivity contribution in [1.29, 1.82) is 0 Å². The number of carbonyl (C=O) groups is 3. The highest BCUT2D eigenvalue weighted by atomic mass is 16.5. The summed E-state index contributed by atoms with van der Waals surface area (Å²) >= 11 is 0. The molecule has 0 spiro atoms. The van der Waals surface area contributed by atoms with Crippen molar-refractivity contribution in [2.45, 2.75) is 6.42 Å². The summed E-state index contributed by atoms with van der Waals surface area (Å²) < 4.78 is 11.3. The van der Waals surface area contributed by atoms with Gasteiger partial charge in [0.2, 0.25) is 5.91 Å². The number of hydrogen-bond acceptors (Lipinski definition) is 5. The summed E-state index contributed by atoms with van der Waals surface area (Å²) in [5.74, 6) is -0.196. The molecule has 1 heterocycles. The Hall–Kier alpha value is -4.45. The average Bonchev–Trinajstić information content (AvgIpc) is 3.30. The molecule has 1 amide bonds. The van der Waals surface area contributed by atoms with E-state index >= 15 is 0 Å². The van der Waals surface area contributed by atoms with E-state index in [1.165, 1.54) is 0 Å². The highest BCUT2D eigenvalue weighted by Gasteiger charge is 2.36. The first-order valence-corrected chi connectivity index (χ1v) is 11.4. The lowest BCUT2D eigenvalue weighted by molar-refractivity contribution is -0.147. The van der Waals surface area contributed by atoms with Gasteiger partial charge in [-0.3, -0.25) is 14.4 Å². The van der Waals surface area contributed by atoms with Crippen LogP contribution >= 0.6 is 0 Å². The Morgan fingerprint density at radius 1 is 0.829 bits per heavy atom. The van der Waals surface area contributed by atoms with Crippen molar-refractivity contribution in [2.75, 3.05) is 18.1 Å². The highest BCUT2D eigenvalue weighted by molar-refractivity contribution is 6.01. The van der Waals surface area contributed by atoms with Gasteiger partial charge in [-0.2, -0.15) is 0 Å². The average molecular weight is 466 g/mol. The number of rotatable bonds is 7. The van der Waals surface area contributed by atoms with Crippen LogP contribution in [0.5, 0.6) is 11.5 Å². The van der Waals surface area contributed by atoms with Gasteiger partial charge in [-0.1, -0.05) is 66.7 Å². The van der Waals surface area contributed by atoms with Crippen molar-refractivity contribution in [3.63, 3.8) is 0 Å². The molecule has 1 aliphatic heterocycles. The minimum Gasteiger partial charge on any atom is -0.457 e. The van der Waals surface area contributed by atoms with E-state index < -0.39 is 11.9 Å². The molecule has 1 aliphatic rings. The first-order valence-electron chi connectivity index (χ1n) is 11.4. The Morgan fingerprint density at radius 3 is 2.34 bits per heavy atom. The van der Waals surface area contributed by atoms with Gasteiger partial charge in [0, 0.05) is 29.6 Å². The van der Waals surface area contributed by atoms with Gasteiger partial charge >= 0.3 is 5.97 Å². The van der Waals surface area contributed by atoms with Crippen LogP contribution in [-0.4, -0.2) is 30.8 Å². The summed E-state index contributed by atoms with van der Waals surface area (Å²) in [4.78, 5) is 38.8. The maximum absolute atomic E-state index is 12.6. The number of amides is 1. The topological polar surface area (TPSA) is 72.9 Å². The molecule has 0 aromatic heterocycles. The van der Waals surface area contributed by atoms with Gasteiger partial charge in [0.05, 0.1) is 5.92 Å². The quantitative estimate of drug-likeness (QED) is 0.270. The van der Waals surface area contributed by atoms with Crippen LogP contribution in [0.25, 0.3) is 10.8 Å². The SMILES string of the molecule is O=C(COC(=O)[C@H]1CC(=O)N(c2ccc(Oc3cccc4ccccc34)cc2)C1)c1ccccc1. The molecule has 35 heavy (non-hydrogen) atoms. The fourth-order valence-corrected chi connectivity index (χ4v) is 4.18. The number of benzene rings is 4. The van der Waals surface area contributed by atoms with E-state index in [-0.39, 0.29) is 31.3 Å². The van der Waals surface area contributed by atoms with Gasteiger partial charge < -0.3 is 14.4 Å². The number of carbonyl (C=O) groups excluding carboxylic acids is 3. The molecule has 0 aliphatic carbocycles. The number of hydrogen-bond donors (Lipinski definition) is 0. The molecule has 4 aromatic rings. The van der Waals surface area contributed by atoms with E-state index in [1.807, 2.05) is 48.5 Å². The van der Waals surface area contributed by atoms with Crippen LogP contribution < -0.4 is 9.64 Å². The lowest BCUT2D eigenvalue weighted by atomic mass is 10.1. The van der Waals surface area contributed by atoms with Gasteiger partial charge in [-0.05, 0) is 35.7 Å². The Kier molecular flexibility index (Phi) is 6.26. The van der Waals surface area contributed by atoms with Crippen LogP contribution in [0.2, 0.25) is 0 Å². The van der Waals surface area contributed by atoms with E-state index in [0.717, 1.165) is 16.5 Å². The second-order valence-corrected chi connectivity index (χ2v) is 8.38. The minimum absolute atomic E-state index is 0.0482. The van der Waals surface area contributed by atoms with E-state index in [9.17, 15) is 14.4 Å². The first-order chi connectivity index (χ1) is 17.1. The van der Waals surface area contributed by atoms with Crippen molar-refractivity contribution >= 4 is 34.1 Å². The van der Waals surface area contributed by atoms with Gasteiger partial charge in [-0.15, -0.1) is 0 Å². The molecule has 4 aromatic carbocycles. The third-order valence-corrected chi connectivity index (χ3v) is 6.03. The minimum atomic E-state index is -0.613. The number of nitrogens with zero attached hydrogens (tertiary/aromatic N) is 1. The van der Waals surface area contributed by atoms with Crippen LogP contribution in [0.1, 0.15) is 16.8 Å². The predicted molar refractivity (Wildman–Crippen MR) is 133 cm³/mol. The normalized spacial score (nSPS) is 15.3. The lowest BCUT2D eigenvalue weighted by Crippen LogP contribution is -2.27. The van der Waals surface area contributed by atoms with Crippen molar-refractivity contribution in [3.05, 3.63) is 103 Å². The summed E-state index contributed by atoms with van der Waals surface area (Å²) in [6.45, 7) is -0.130. The van der Waals surface area contributed by atoms with Crippen molar-refractivity contribution < 1.29 is 23.9 Å². The Balaban J connectivity index is 1.21. The lowest BCUT2D eigenvalue weighted by Gasteiger charge is -2.17. The Labute approximate surface area is 202 Å². The fraction of sp³-hybridized carbons (Fsp3) is 0.138. The predicted octanol–water partition coefficient (Wildman–Crippen LogP) is 5.41. The molecule has 0 unspecified atom stereocenters. The maximum atomic E-state index is 12.6. The molecule has 1 saturated heterocycles. The number of esters is 1. The molecule has 0 saturated carbocycles. The molecule has 0 N–H and O–H groups in total.